The molecule has 0 aliphatic heterocycles. The zero-order chi connectivity index (χ0) is 18.6. The molecule has 2 heterocycles. The molecule has 0 N–H and O–H groups in total. The molecule has 0 saturated heterocycles. The highest BCUT2D eigenvalue weighted by Crippen LogP contribution is 2.27. The Balaban J connectivity index is 1.68. The Morgan fingerprint density at radius 1 is 0.667 bits per heavy atom. The third-order valence-electron chi connectivity index (χ3n) is 4.31. The average molecular weight is 393 g/mol. The van der Waals surface area contributed by atoms with Crippen LogP contribution >= 0.6 is 23.5 Å². The summed E-state index contributed by atoms with van der Waals surface area (Å²) in [5.74, 6) is 0. The third-order valence-corrected chi connectivity index (χ3v) is 5.81. The van der Waals surface area contributed by atoms with Crippen LogP contribution in [-0.2, 0) is 6.67 Å². The van der Waals surface area contributed by atoms with E-state index in [-0.39, 0.29) is 0 Å². The van der Waals surface area contributed by atoms with Crippen molar-refractivity contribution in [3.63, 3.8) is 0 Å². The number of thioether (sulfide) groups is 2. The van der Waals surface area contributed by atoms with Crippen molar-refractivity contribution in [3.8, 4) is 22.5 Å². The molecule has 0 unspecified atom stereocenters. The van der Waals surface area contributed by atoms with Crippen LogP contribution in [0.1, 0.15) is 0 Å². The first-order valence-corrected chi connectivity index (χ1v) is 11.1. The predicted octanol–water partition coefficient (Wildman–Crippen LogP) is 5.36. The molecule has 27 heavy (non-hydrogen) atoms. The van der Waals surface area contributed by atoms with Gasteiger partial charge in [-0.25, -0.2) is 9.36 Å². The topological polar surface area (TPSA) is 35.6 Å². The maximum absolute atomic E-state index is 4.83. The number of benzene rings is 2. The van der Waals surface area contributed by atoms with Gasteiger partial charge in [-0.1, -0.05) is 60.7 Å². The average Bonchev–Trinajstić information content (AvgIpc) is 3.33. The molecule has 4 rings (SSSR count). The van der Waals surface area contributed by atoms with E-state index >= 15 is 0 Å². The molecule has 136 valence electrons. The number of hydrogen-bond acceptors (Lipinski definition) is 4. The van der Waals surface area contributed by atoms with Crippen LogP contribution in [0.15, 0.2) is 82.8 Å². The van der Waals surface area contributed by atoms with E-state index in [9.17, 15) is 0 Å². The number of aromatic nitrogens is 4. The first kappa shape index (κ1) is 17.9. The molecule has 6 heteroatoms. The van der Waals surface area contributed by atoms with Crippen molar-refractivity contribution in [2.75, 3.05) is 12.5 Å². The fourth-order valence-corrected chi connectivity index (χ4v) is 4.03. The van der Waals surface area contributed by atoms with Gasteiger partial charge in [0.25, 0.3) is 0 Å². The second-order valence-electron chi connectivity index (χ2n) is 6.02. The van der Waals surface area contributed by atoms with E-state index < -0.39 is 0 Å². The monoisotopic (exact) mass is 392 g/mol. The fraction of sp³-hybridized carbons (Fsp3) is 0.143. The van der Waals surface area contributed by atoms with Crippen LogP contribution in [0.3, 0.4) is 0 Å². The highest BCUT2D eigenvalue weighted by Gasteiger charge is 2.13. The summed E-state index contributed by atoms with van der Waals surface area (Å²) in [7, 11) is 0. The van der Waals surface area contributed by atoms with Crippen molar-refractivity contribution in [2.24, 2.45) is 0 Å². The third kappa shape index (κ3) is 3.82. The van der Waals surface area contributed by atoms with Gasteiger partial charge in [0.1, 0.15) is 6.67 Å². The number of nitrogens with zero attached hydrogens (tertiary/aromatic N) is 4. The largest absolute Gasteiger partial charge is 0.237 e. The van der Waals surface area contributed by atoms with Gasteiger partial charge in [0.2, 0.25) is 0 Å². The zero-order valence-electron chi connectivity index (χ0n) is 15.2. The molecule has 0 radical (unpaired) electrons. The quantitative estimate of drug-likeness (QED) is 0.414. The Morgan fingerprint density at radius 2 is 1.07 bits per heavy atom. The van der Waals surface area contributed by atoms with Gasteiger partial charge in [-0.05, 0) is 24.6 Å². The minimum absolute atomic E-state index is 0.589. The van der Waals surface area contributed by atoms with Gasteiger partial charge in [0.15, 0.2) is 0 Å². The Kier molecular flexibility index (Phi) is 5.36. The molecular formula is C21H20N4S2. The van der Waals surface area contributed by atoms with Gasteiger partial charge in [-0.3, -0.25) is 0 Å². The normalized spacial score (nSPS) is 11.0. The van der Waals surface area contributed by atoms with Crippen molar-refractivity contribution < 1.29 is 0 Å². The second-order valence-corrected chi connectivity index (χ2v) is 7.67. The van der Waals surface area contributed by atoms with E-state index in [2.05, 4.69) is 48.9 Å². The van der Waals surface area contributed by atoms with Crippen LogP contribution in [0.5, 0.6) is 0 Å². The Hall–Kier alpha value is -2.44. The summed E-state index contributed by atoms with van der Waals surface area (Å²) in [5.41, 5.74) is 4.23. The maximum Gasteiger partial charge on any atom is 0.135 e. The summed E-state index contributed by atoms with van der Waals surface area (Å²) in [6.07, 6.45) is 4.16. The highest BCUT2D eigenvalue weighted by atomic mass is 32.2. The molecule has 4 aromatic rings. The summed E-state index contributed by atoms with van der Waals surface area (Å²) in [6.45, 7) is 0.589. The van der Waals surface area contributed by atoms with Crippen molar-refractivity contribution in [2.45, 2.75) is 16.7 Å². The summed E-state index contributed by atoms with van der Waals surface area (Å²) < 4.78 is 4.04. The van der Waals surface area contributed by atoms with Crippen LogP contribution in [-0.4, -0.2) is 32.1 Å². The predicted molar refractivity (Wildman–Crippen MR) is 114 cm³/mol. The molecule has 0 spiro atoms. The van der Waals surface area contributed by atoms with Gasteiger partial charge in [0.05, 0.1) is 21.4 Å². The molecule has 0 bridgehead atoms. The lowest BCUT2D eigenvalue weighted by molar-refractivity contribution is 0.450. The van der Waals surface area contributed by atoms with Crippen LogP contribution in [0.4, 0.5) is 0 Å². The van der Waals surface area contributed by atoms with E-state index in [1.54, 1.807) is 23.5 Å². The fourth-order valence-electron chi connectivity index (χ4n) is 2.96. The molecule has 2 aromatic carbocycles. The lowest BCUT2D eigenvalue weighted by atomic mass is 10.2. The lowest BCUT2D eigenvalue weighted by Gasteiger charge is -2.08. The molecule has 0 aliphatic carbocycles. The summed E-state index contributed by atoms with van der Waals surface area (Å²) in [6, 6.07) is 24.8. The van der Waals surface area contributed by atoms with Crippen molar-refractivity contribution in [1.29, 1.82) is 0 Å². The molecule has 0 aliphatic rings. The number of rotatable bonds is 6. The van der Waals surface area contributed by atoms with Crippen molar-refractivity contribution >= 4 is 23.5 Å². The molecule has 0 atom stereocenters. The minimum atomic E-state index is 0.589. The molecule has 4 nitrogen and oxygen atoms in total. The van der Waals surface area contributed by atoms with Crippen LogP contribution in [0.2, 0.25) is 0 Å². The SMILES string of the molecule is CSc1cc(-c2ccccc2)nn1Cn1nc(-c2ccccc2)cc1SC. The standard InChI is InChI=1S/C21H20N4S2/c1-26-20-13-18(16-9-5-3-6-10-16)22-24(20)15-25-21(27-2)14-19(23-25)17-11-7-4-8-12-17/h3-14H,15H2,1-2H3. The van der Waals surface area contributed by atoms with Gasteiger partial charge < -0.3 is 0 Å². The van der Waals surface area contributed by atoms with Crippen LogP contribution < -0.4 is 0 Å². The zero-order valence-corrected chi connectivity index (χ0v) is 16.9. The smallest absolute Gasteiger partial charge is 0.135 e. The van der Waals surface area contributed by atoms with Crippen molar-refractivity contribution in [1.82, 2.24) is 19.6 Å². The summed E-state index contributed by atoms with van der Waals surface area (Å²) in [5, 5.41) is 11.9. The van der Waals surface area contributed by atoms with E-state index in [0.29, 0.717) is 6.67 Å². The lowest BCUT2D eigenvalue weighted by Crippen LogP contribution is -2.12. The van der Waals surface area contributed by atoms with Gasteiger partial charge >= 0.3 is 0 Å². The molecule has 0 saturated carbocycles. The molecule has 0 amide bonds. The van der Waals surface area contributed by atoms with E-state index in [1.165, 1.54) is 0 Å². The van der Waals surface area contributed by atoms with Gasteiger partial charge in [-0.2, -0.15) is 10.2 Å². The van der Waals surface area contributed by atoms with Gasteiger partial charge in [-0.15, -0.1) is 23.5 Å². The second kappa shape index (κ2) is 8.06. The Labute approximate surface area is 167 Å². The van der Waals surface area contributed by atoms with Crippen molar-refractivity contribution in [3.05, 3.63) is 72.8 Å². The van der Waals surface area contributed by atoms with E-state index in [0.717, 1.165) is 32.6 Å². The highest BCUT2D eigenvalue weighted by molar-refractivity contribution is 7.98. The Morgan fingerprint density at radius 3 is 1.44 bits per heavy atom. The maximum atomic E-state index is 4.83. The first-order chi connectivity index (χ1) is 13.3. The van der Waals surface area contributed by atoms with E-state index in [4.69, 9.17) is 10.2 Å². The molecule has 2 aromatic heterocycles. The van der Waals surface area contributed by atoms with E-state index in [1.807, 2.05) is 45.8 Å². The first-order valence-electron chi connectivity index (χ1n) is 8.63. The minimum Gasteiger partial charge on any atom is -0.237 e. The summed E-state index contributed by atoms with van der Waals surface area (Å²) in [4.78, 5) is 0. The van der Waals surface area contributed by atoms with Crippen LogP contribution in [0.25, 0.3) is 22.5 Å². The van der Waals surface area contributed by atoms with Crippen LogP contribution in [0, 0.1) is 0 Å². The molecule has 0 fully saturated rings. The summed E-state index contributed by atoms with van der Waals surface area (Å²) >= 11 is 3.40. The number of hydrogen-bond donors (Lipinski definition) is 0. The van der Waals surface area contributed by atoms with Gasteiger partial charge in [0, 0.05) is 11.1 Å². The molecular weight excluding hydrogens is 372 g/mol. The Bertz CT molecular complexity index is 939.